The zero-order chi connectivity index (χ0) is 23.4. The maximum Gasteiger partial charge on any atom is 0.280 e. The van der Waals surface area contributed by atoms with Gasteiger partial charge in [-0.3, -0.25) is 29.1 Å². The standard InChI is InChI=1S/C26H23N3O4/c1-4-28(16-8-6-5-7-9-16)29-25(32)19-12-10-17-21-18(11-13-20(22(19)21)26(29)33)24(31)27(23(17)30)14-15(2)3/h5-13,15H,4,14H2,1-3H3. The van der Waals surface area contributed by atoms with Crippen LogP contribution < -0.4 is 5.01 Å². The van der Waals surface area contributed by atoms with Crippen LogP contribution in [0.4, 0.5) is 5.69 Å². The van der Waals surface area contributed by atoms with Crippen LogP contribution in [0.3, 0.4) is 0 Å². The quantitative estimate of drug-likeness (QED) is 0.557. The van der Waals surface area contributed by atoms with Gasteiger partial charge in [0.15, 0.2) is 0 Å². The van der Waals surface area contributed by atoms with Gasteiger partial charge in [0.2, 0.25) is 0 Å². The van der Waals surface area contributed by atoms with Crippen molar-refractivity contribution in [3.05, 3.63) is 76.9 Å². The topological polar surface area (TPSA) is 78.0 Å². The van der Waals surface area contributed by atoms with E-state index in [9.17, 15) is 19.2 Å². The van der Waals surface area contributed by atoms with Crippen LogP contribution in [0.2, 0.25) is 0 Å². The largest absolute Gasteiger partial charge is 0.280 e. The second-order valence-electron chi connectivity index (χ2n) is 8.66. The molecule has 0 N–H and O–H groups in total. The monoisotopic (exact) mass is 441 g/mol. The van der Waals surface area contributed by atoms with E-state index in [0.29, 0.717) is 51.8 Å². The smallest absolute Gasteiger partial charge is 0.276 e. The van der Waals surface area contributed by atoms with Crippen molar-refractivity contribution in [3.63, 3.8) is 0 Å². The summed E-state index contributed by atoms with van der Waals surface area (Å²) in [7, 11) is 0. The zero-order valence-corrected chi connectivity index (χ0v) is 18.7. The van der Waals surface area contributed by atoms with E-state index in [4.69, 9.17) is 0 Å². The molecule has 0 bridgehead atoms. The minimum Gasteiger partial charge on any atom is -0.276 e. The third kappa shape index (κ3) is 2.96. The van der Waals surface area contributed by atoms with Crippen LogP contribution in [-0.2, 0) is 0 Å². The fraction of sp³-hybridized carbons (Fsp3) is 0.231. The number of rotatable bonds is 5. The van der Waals surface area contributed by atoms with E-state index in [1.807, 2.05) is 51.1 Å². The SMILES string of the molecule is CCN(c1ccccc1)N1C(=O)c2ccc3c4c(ccc(c24)C1=O)C(=O)N(CC(C)C)C3=O. The summed E-state index contributed by atoms with van der Waals surface area (Å²) in [4.78, 5) is 54.7. The zero-order valence-electron chi connectivity index (χ0n) is 18.7. The molecule has 0 aromatic heterocycles. The lowest BCUT2D eigenvalue weighted by atomic mass is 9.86. The van der Waals surface area contributed by atoms with Gasteiger partial charge in [0.05, 0.1) is 16.8 Å². The third-order valence-electron chi connectivity index (χ3n) is 6.10. The molecule has 0 saturated carbocycles. The Hall–Kier alpha value is -4.00. The van der Waals surface area contributed by atoms with Crippen LogP contribution in [0.5, 0.6) is 0 Å². The van der Waals surface area contributed by atoms with Gasteiger partial charge in [0, 0.05) is 35.0 Å². The number of carbonyl (C=O) groups is 4. The molecule has 2 aliphatic heterocycles. The van der Waals surface area contributed by atoms with Gasteiger partial charge < -0.3 is 0 Å². The van der Waals surface area contributed by atoms with Crippen molar-refractivity contribution in [2.75, 3.05) is 18.1 Å². The van der Waals surface area contributed by atoms with Crippen molar-refractivity contribution in [1.29, 1.82) is 0 Å². The molecule has 0 fully saturated rings. The van der Waals surface area contributed by atoms with Gasteiger partial charge in [-0.05, 0) is 49.2 Å². The molecule has 0 unspecified atom stereocenters. The Labute approximate surface area is 191 Å². The van der Waals surface area contributed by atoms with E-state index >= 15 is 0 Å². The first-order chi connectivity index (χ1) is 15.8. The first-order valence-corrected chi connectivity index (χ1v) is 11.0. The van der Waals surface area contributed by atoms with Crippen molar-refractivity contribution in [2.24, 2.45) is 5.92 Å². The lowest BCUT2D eigenvalue weighted by Gasteiger charge is -2.38. The van der Waals surface area contributed by atoms with E-state index in [1.165, 1.54) is 4.90 Å². The molecule has 166 valence electrons. The van der Waals surface area contributed by atoms with E-state index in [1.54, 1.807) is 29.3 Å². The molecule has 3 aromatic carbocycles. The summed E-state index contributed by atoms with van der Waals surface area (Å²) in [6.45, 7) is 6.44. The van der Waals surface area contributed by atoms with Gasteiger partial charge in [-0.15, -0.1) is 0 Å². The average molecular weight is 441 g/mol. The van der Waals surface area contributed by atoms with Gasteiger partial charge >= 0.3 is 0 Å². The highest BCUT2D eigenvalue weighted by Gasteiger charge is 2.41. The summed E-state index contributed by atoms with van der Waals surface area (Å²) in [5.41, 5.74) is 2.01. The molecule has 0 atom stereocenters. The molecule has 3 aromatic rings. The highest BCUT2D eigenvalue weighted by molar-refractivity contribution is 6.33. The molecular formula is C26H23N3O4. The Morgan fingerprint density at radius 3 is 1.58 bits per heavy atom. The first kappa shape index (κ1) is 20.9. The van der Waals surface area contributed by atoms with Gasteiger partial charge in [-0.25, -0.2) is 0 Å². The normalized spacial score (nSPS) is 15.2. The number of anilines is 1. The molecule has 2 heterocycles. The molecule has 0 saturated heterocycles. The number of nitrogens with zero attached hydrogens (tertiary/aromatic N) is 3. The Kier molecular flexibility index (Phi) is 4.78. The van der Waals surface area contributed by atoms with Crippen molar-refractivity contribution in [1.82, 2.24) is 9.91 Å². The van der Waals surface area contributed by atoms with E-state index in [2.05, 4.69) is 0 Å². The predicted octanol–water partition coefficient (Wildman–Crippen LogP) is 4.13. The number of hydrogen-bond acceptors (Lipinski definition) is 5. The van der Waals surface area contributed by atoms with E-state index < -0.39 is 23.6 Å². The fourth-order valence-corrected chi connectivity index (χ4v) is 4.70. The number of para-hydroxylation sites is 1. The average Bonchev–Trinajstić information content (AvgIpc) is 2.81. The molecular weight excluding hydrogens is 418 g/mol. The Morgan fingerprint density at radius 2 is 1.15 bits per heavy atom. The molecule has 7 nitrogen and oxygen atoms in total. The summed E-state index contributed by atoms with van der Waals surface area (Å²) in [6.07, 6.45) is 0. The minimum absolute atomic E-state index is 0.113. The highest BCUT2D eigenvalue weighted by atomic mass is 16.2. The number of hydrogen-bond donors (Lipinski definition) is 0. The lowest BCUT2D eigenvalue weighted by Crippen LogP contribution is -2.52. The van der Waals surface area contributed by atoms with Gasteiger partial charge in [0.25, 0.3) is 23.6 Å². The predicted molar refractivity (Wildman–Crippen MR) is 124 cm³/mol. The maximum absolute atomic E-state index is 13.6. The molecule has 33 heavy (non-hydrogen) atoms. The number of imide groups is 2. The Balaban J connectivity index is 1.69. The van der Waals surface area contributed by atoms with Crippen molar-refractivity contribution in [2.45, 2.75) is 20.8 Å². The number of amides is 4. The van der Waals surface area contributed by atoms with Crippen molar-refractivity contribution >= 4 is 40.1 Å². The summed E-state index contributed by atoms with van der Waals surface area (Å²) < 4.78 is 0. The molecule has 0 spiro atoms. The third-order valence-corrected chi connectivity index (χ3v) is 6.10. The van der Waals surface area contributed by atoms with Gasteiger partial charge in [-0.2, -0.15) is 5.01 Å². The van der Waals surface area contributed by atoms with Crippen LogP contribution in [0.1, 0.15) is 62.2 Å². The van der Waals surface area contributed by atoms with E-state index in [0.717, 1.165) is 5.01 Å². The molecule has 4 amide bonds. The highest BCUT2D eigenvalue weighted by Crippen LogP contribution is 2.38. The summed E-state index contributed by atoms with van der Waals surface area (Å²) in [5.74, 6) is -1.64. The minimum atomic E-state index is -0.480. The van der Waals surface area contributed by atoms with Crippen LogP contribution in [-0.4, -0.2) is 46.6 Å². The van der Waals surface area contributed by atoms with Gasteiger partial charge in [-0.1, -0.05) is 32.0 Å². The Bertz CT molecular complexity index is 1280. The second-order valence-corrected chi connectivity index (χ2v) is 8.66. The fourth-order valence-electron chi connectivity index (χ4n) is 4.70. The second kappa shape index (κ2) is 7.55. The number of carbonyl (C=O) groups excluding carboxylic acids is 4. The molecule has 5 rings (SSSR count). The summed E-state index contributed by atoms with van der Waals surface area (Å²) in [6, 6.07) is 15.6. The number of hydrazine groups is 1. The summed E-state index contributed by atoms with van der Waals surface area (Å²) >= 11 is 0. The maximum atomic E-state index is 13.6. The van der Waals surface area contributed by atoms with Crippen molar-refractivity contribution in [3.8, 4) is 0 Å². The van der Waals surface area contributed by atoms with Crippen LogP contribution >= 0.6 is 0 Å². The molecule has 7 heteroatoms. The van der Waals surface area contributed by atoms with Crippen LogP contribution in [0.25, 0.3) is 10.8 Å². The molecule has 0 radical (unpaired) electrons. The van der Waals surface area contributed by atoms with Crippen LogP contribution in [0, 0.1) is 5.92 Å². The van der Waals surface area contributed by atoms with Crippen LogP contribution in [0.15, 0.2) is 54.6 Å². The van der Waals surface area contributed by atoms with Gasteiger partial charge in [0.1, 0.15) is 0 Å². The molecule has 0 aliphatic carbocycles. The Morgan fingerprint density at radius 1 is 0.697 bits per heavy atom. The number of benzene rings is 3. The van der Waals surface area contributed by atoms with E-state index in [-0.39, 0.29) is 5.92 Å². The molecule has 2 aliphatic rings. The first-order valence-electron chi connectivity index (χ1n) is 11.0. The summed E-state index contributed by atoms with van der Waals surface area (Å²) in [5, 5.41) is 3.55. The lowest BCUT2D eigenvalue weighted by molar-refractivity contribution is 0.0570. The van der Waals surface area contributed by atoms with Crippen molar-refractivity contribution < 1.29 is 19.2 Å².